The smallest absolute Gasteiger partial charge is 0.0945 e. The van der Waals surface area contributed by atoms with Gasteiger partial charge in [0.1, 0.15) is 0 Å². The van der Waals surface area contributed by atoms with Crippen LogP contribution in [-0.4, -0.2) is 34.4 Å². The molecule has 0 spiro atoms. The summed E-state index contributed by atoms with van der Waals surface area (Å²) >= 11 is 0. The van der Waals surface area contributed by atoms with E-state index in [4.69, 9.17) is 5.11 Å². The first kappa shape index (κ1) is 13.2. The minimum absolute atomic E-state index is 0.00958. The van der Waals surface area contributed by atoms with Crippen LogP contribution in [0.2, 0.25) is 0 Å². The molecule has 0 aliphatic rings. The first-order valence-electron chi connectivity index (χ1n) is 5.91. The summed E-state index contributed by atoms with van der Waals surface area (Å²) in [5.41, 5.74) is -0.00958. The third-order valence-electron chi connectivity index (χ3n) is 2.61. The summed E-state index contributed by atoms with van der Waals surface area (Å²) in [5, 5.41) is 12.4. The van der Waals surface area contributed by atoms with E-state index in [-0.39, 0.29) is 12.0 Å². The summed E-state index contributed by atoms with van der Waals surface area (Å²) in [7, 11) is 0. The second-order valence-electron chi connectivity index (χ2n) is 5.01. The molecule has 4 heteroatoms. The lowest BCUT2D eigenvalue weighted by Crippen LogP contribution is -2.32. The lowest BCUT2D eigenvalue weighted by atomic mass is 9.95. The van der Waals surface area contributed by atoms with Gasteiger partial charge in [0.15, 0.2) is 0 Å². The fourth-order valence-corrected chi connectivity index (χ4v) is 1.45. The number of rotatable bonds is 8. The molecular weight excluding hydrogens is 202 g/mol. The summed E-state index contributed by atoms with van der Waals surface area (Å²) in [4.78, 5) is 4.00. The van der Waals surface area contributed by atoms with E-state index in [9.17, 15) is 0 Å². The highest BCUT2D eigenvalue weighted by atomic mass is 16.3. The molecule has 1 rings (SSSR count). The predicted octanol–water partition coefficient (Wildman–Crippen LogP) is 1.27. The Morgan fingerprint density at radius 2 is 2.19 bits per heavy atom. The van der Waals surface area contributed by atoms with Crippen LogP contribution < -0.4 is 5.32 Å². The number of nitrogens with zero attached hydrogens (tertiary/aromatic N) is 2. The van der Waals surface area contributed by atoms with Gasteiger partial charge in [-0.1, -0.05) is 13.8 Å². The number of unbranched alkanes of at least 4 members (excludes halogenated alkanes) is 1. The molecule has 0 saturated heterocycles. The van der Waals surface area contributed by atoms with Crippen molar-refractivity contribution in [2.45, 2.75) is 33.2 Å². The second-order valence-corrected chi connectivity index (χ2v) is 5.01. The summed E-state index contributed by atoms with van der Waals surface area (Å²) in [5.74, 6) is 0. The molecule has 0 saturated carbocycles. The lowest BCUT2D eigenvalue weighted by molar-refractivity contribution is 0.157. The van der Waals surface area contributed by atoms with Crippen molar-refractivity contribution in [2.75, 3.05) is 19.7 Å². The van der Waals surface area contributed by atoms with Gasteiger partial charge in [-0.3, -0.25) is 0 Å². The molecule has 0 fully saturated rings. The van der Waals surface area contributed by atoms with Crippen LogP contribution in [0.15, 0.2) is 18.7 Å². The highest BCUT2D eigenvalue weighted by molar-refractivity contribution is 4.74. The van der Waals surface area contributed by atoms with E-state index in [1.54, 1.807) is 0 Å². The van der Waals surface area contributed by atoms with Crippen LogP contribution in [0.4, 0.5) is 0 Å². The van der Waals surface area contributed by atoms with Gasteiger partial charge >= 0.3 is 0 Å². The molecule has 0 aliphatic carbocycles. The van der Waals surface area contributed by atoms with Crippen LogP contribution >= 0.6 is 0 Å². The Kier molecular flexibility index (Phi) is 5.49. The first-order valence-corrected chi connectivity index (χ1v) is 5.91. The Bertz CT molecular complexity index is 270. The van der Waals surface area contributed by atoms with Gasteiger partial charge in [-0.05, 0) is 19.4 Å². The van der Waals surface area contributed by atoms with Crippen molar-refractivity contribution in [2.24, 2.45) is 5.41 Å². The molecule has 0 bridgehead atoms. The van der Waals surface area contributed by atoms with Gasteiger partial charge in [0.2, 0.25) is 0 Å². The maximum Gasteiger partial charge on any atom is 0.0945 e. The van der Waals surface area contributed by atoms with Gasteiger partial charge in [0.25, 0.3) is 0 Å². The molecule has 0 aliphatic heterocycles. The highest BCUT2D eigenvalue weighted by Crippen LogP contribution is 2.10. The summed E-state index contributed by atoms with van der Waals surface area (Å²) in [6.07, 6.45) is 7.95. The van der Waals surface area contributed by atoms with E-state index in [0.29, 0.717) is 0 Å². The van der Waals surface area contributed by atoms with Crippen molar-refractivity contribution in [1.29, 1.82) is 0 Å². The zero-order valence-electron chi connectivity index (χ0n) is 10.3. The monoisotopic (exact) mass is 225 g/mol. The average molecular weight is 225 g/mol. The number of hydrogen-bond acceptors (Lipinski definition) is 3. The van der Waals surface area contributed by atoms with Gasteiger partial charge in [-0.2, -0.15) is 0 Å². The zero-order valence-corrected chi connectivity index (χ0v) is 10.3. The molecule has 4 nitrogen and oxygen atoms in total. The molecule has 1 aromatic rings. The highest BCUT2D eigenvalue weighted by Gasteiger charge is 2.14. The fraction of sp³-hybridized carbons (Fsp3) is 0.750. The molecule has 16 heavy (non-hydrogen) atoms. The Hall–Kier alpha value is -0.870. The molecule has 1 aromatic heterocycles. The number of hydrogen-bond donors (Lipinski definition) is 2. The van der Waals surface area contributed by atoms with Crippen LogP contribution in [0.25, 0.3) is 0 Å². The topological polar surface area (TPSA) is 50.1 Å². The van der Waals surface area contributed by atoms with Gasteiger partial charge < -0.3 is 15.0 Å². The fourth-order valence-electron chi connectivity index (χ4n) is 1.45. The van der Waals surface area contributed by atoms with Gasteiger partial charge in [-0.15, -0.1) is 0 Å². The molecule has 2 N–H and O–H groups in total. The van der Waals surface area contributed by atoms with E-state index < -0.39 is 0 Å². The maximum absolute atomic E-state index is 9.07. The van der Waals surface area contributed by atoms with E-state index >= 15 is 0 Å². The molecule has 0 aromatic carbocycles. The Morgan fingerprint density at radius 1 is 1.38 bits per heavy atom. The Labute approximate surface area is 97.7 Å². The van der Waals surface area contributed by atoms with Crippen LogP contribution in [0.1, 0.15) is 26.7 Å². The Morgan fingerprint density at radius 3 is 2.81 bits per heavy atom. The largest absolute Gasteiger partial charge is 0.396 e. The van der Waals surface area contributed by atoms with Gasteiger partial charge in [0.05, 0.1) is 6.33 Å². The van der Waals surface area contributed by atoms with Crippen molar-refractivity contribution in [3.8, 4) is 0 Å². The van der Waals surface area contributed by atoms with E-state index in [1.807, 2.05) is 18.7 Å². The third kappa shape index (κ3) is 5.28. The predicted molar refractivity (Wildman–Crippen MR) is 65.2 cm³/mol. The van der Waals surface area contributed by atoms with Crippen LogP contribution in [-0.2, 0) is 6.54 Å². The normalized spacial score (nSPS) is 11.9. The molecule has 1 heterocycles. The average Bonchev–Trinajstić information content (AvgIpc) is 2.76. The van der Waals surface area contributed by atoms with Crippen molar-refractivity contribution < 1.29 is 5.11 Å². The lowest BCUT2D eigenvalue weighted by Gasteiger charge is -2.21. The number of aromatic nitrogens is 2. The number of aliphatic hydroxyl groups is 1. The molecule has 0 radical (unpaired) electrons. The first-order chi connectivity index (χ1) is 7.64. The van der Waals surface area contributed by atoms with Crippen molar-refractivity contribution in [3.63, 3.8) is 0 Å². The number of nitrogens with one attached hydrogen (secondary N) is 1. The minimum atomic E-state index is -0.00958. The van der Waals surface area contributed by atoms with Crippen LogP contribution in [0, 0.1) is 5.41 Å². The van der Waals surface area contributed by atoms with E-state index in [1.165, 1.54) is 0 Å². The second kappa shape index (κ2) is 6.66. The van der Waals surface area contributed by atoms with Gasteiger partial charge in [-0.25, -0.2) is 4.98 Å². The quantitative estimate of drug-likeness (QED) is 0.655. The van der Waals surface area contributed by atoms with Crippen molar-refractivity contribution in [3.05, 3.63) is 18.7 Å². The molecule has 0 amide bonds. The summed E-state index contributed by atoms with van der Waals surface area (Å²) in [6.45, 7) is 7.27. The molecule has 0 unspecified atom stereocenters. The summed E-state index contributed by atoms with van der Waals surface area (Å²) in [6, 6.07) is 0. The third-order valence-corrected chi connectivity index (χ3v) is 2.61. The Balaban J connectivity index is 1.96. The molecular formula is C12H23N3O. The maximum atomic E-state index is 9.07. The van der Waals surface area contributed by atoms with Crippen molar-refractivity contribution >= 4 is 0 Å². The molecule has 92 valence electrons. The number of aryl methyl sites for hydroxylation is 1. The molecule has 0 atom stereocenters. The van der Waals surface area contributed by atoms with E-state index in [0.717, 1.165) is 32.5 Å². The van der Waals surface area contributed by atoms with Crippen LogP contribution in [0.5, 0.6) is 0 Å². The minimum Gasteiger partial charge on any atom is -0.396 e. The summed E-state index contributed by atoms with van der Waals surface area (Å²) < 4.78 is 2.09. The number of aliphatic hydroxyl groups excluding tert-OH is 1. The number of imidazole rings is 1. The van der Waals surface area contributed by atoms with Crippen molar-refractivity contribution in [1.82, 2.24) is 14.9 Å². The standard InChI is InChI=1S/C12H23N3O/c1-12(2,10-16)9-13-5-3-4-7-15-8-6-14-11-15/h6,8,11,13,16H,3-5,7,9-10H2,1-2H3. The van der Waals surface area contributed by atoms with Crippen LogP contribution in [0.3, 0.4) is 0 Å². The van der Waals surface area contributed by atoms with E-state index in [2.05, 4.69) is 28.7 Å². The SMILES string of the molecule is CC(C)(CO)CNCCCCn1ccnc1. The zero-order chi connectivity index (χ0) is 11.9. The van der Waals surface area contributed by atoms with Gasteiger partial charge in [0, 0.05) is 37.5 Å².